The van der Waals surface area contributed by atoms with Gasteiger partial charge in [0, 0.05) is 5.75 Å². The summed E-state index contributed by atoms with van der Waals surface area (Å²) in [4.78, 5) is 0. The molecule has 0 saturated carbocycles. The van der Waals surface area contributed by atoms with E-state index in [-0.39, 0.29) is 5.75 Å². The standard InChI is InChI=1S/C19H21N2O3PS/c1-20-14-15-21(13-8-16-26(22,23)24)19(20)25(17-9-4-2-5-10-17)18-11-6-3-7-12-18/h2-7,9-12,14-15H,8,13,16H2,1H3. The first kappa shape index (κ1) is 18.8. The molecule has 0 saturated heterocycles. The monoisotopic (exact) mass is 388 g/mol. The van der Waals surface area contributed by atoms with Gasteiger partial charge in [-0.2, -0.15) is 0 Å². The lowest BCUT2D eigenvalue weighted by molar-refractivity contribution is -0.652. The van der Waals surface area contributed by atoms with Crippen LogP contribution in [0.3, 0.4) is 0 Å². The maximum atomic E-state index is 10.9. The van der Waals surface area contributed by atoms with Gasteiger partial charge in [-0.25, -0.2) is 17.6 Å². The molecule has 0 fully saturated rings. The van der Waals surface area contributed by atoms with E-state index in [1.54, 1.807) is 0 Å². The SMILES string of the molecule is C[n+]1ccn(CCCS(=O)(=O)[O-])c1P(c1ccccc1)c1ccccc1. The van der Waals surface area contributed by atoms with Crippen LogP contribution in [0.5, 0.6) is 0 Å². The van der Waals surface area contributed by atoms with Gasteiger partial charge in [0.05, 0.1) is 31.6 Å². The molecule has 136 valence electrons. The average molecular weight is 388 g/mol. The van der Waals surface area contributed by atoms with Crippen molar-refractivity contribution >= 4 is 34.2 Å². The van der Waals surface area contributed by atoms with Crippen molar-refractivity contribution in [3.05, 3.63) is 73.1 Å². The van der Waals surface area contributed by atoms with E-state index < -0.39 is 18.0 Å². The molecule has 7 heteroatoms. The highest BCUT2D eigenvalue weighted by Crippen LogP contribution is 2.31. The topological polar surface area (TPSA) is 66.0 Å². The van der Waals surface area contributed by atoms with Gasteiger partial charge in [0.1, 0.15) is 12.4 Å². The first-order valence-electron chi connectivity index (χ1n) is 8.34. The molecule has 5 nitrogen and oxygen atoms in total. The van der Waals surface area contributed by atoms with Crippen molar-refractivity contribution in [2.24, 2.45) is 7.05 Å². The Hall–Kier alpha value is -2.01. The number of hydrogen-bond donors (Lipinski definition) is 0. The minimum atomic E-state index is -4.19. The second-order valence-electron chi connectivity index (χ2n) is 6.02. The summed E-state index contributed by atoms with van der Waals surface area (Å²) in [5.74, 6) is -0.344. The Bertz CT molecular complexity index is 917. The summed E-state index contributed by atoms with van der Waals surface area (Å²) in [5, 5.41) is 2.45. The van der Waals surface area contributed by atoms with E-state index in [9.17, 15) is 13.0 Å². The Balaban J connectivity index is 2.01. The molecule has 0 atom stereocenters. The molecule has 0 aliphatic carbocycles. The van der Waals surface area contributed by atoms with Crippen molar-refractivity contribution in [1.29, 1.82) is 0 Å². The Morgan fingerprint density at radius 3 is 2.04 bits per heavy atom. The Morgan fingerprint density at radius 2 is 1.54 bits per heavy atom. The lowest BCUT2D eigenvalue weighted by atomic mass is 10.4. The zero-order chi connectivity index (χ0) is 18.6. The van der Waals surface area contributed by atoms with Gasteiger partial charge in [-0.1, -0.05) is 60.7 Å². The van der Waals surface area contributed by atoms with Crippen LogP contribution in [0, 0.1) is 0 Å². The number of aryl methyl sites for hydroxylation is 2. The molecule has 0 aliphatic heterocycles. The number of aromatic nitrogens is 2. The molecule has 0 radical (unpaired) electrons. The molecule has 1 aromatic heterocycles. The predicted molar refractivity (Wildman–Crippen MR) is 103 cm³/mol. The van der Waals surface area contributed by atoms with Gasteiger partial charge in [0.2, 0.25) is 0 Å². The molecular weight excluding hydrogens is 367 g/mol. The second-order valence-corrected chi connectivity index (χ2v) is 9.65. The molecule has 0 aliphatic rings. The van der Waals surface area contributed by atoms with Crippen LogP contribution in [-0.2, 0) is 23.7 Å². The lowest BCUT2D eigenvalue weighted by Gasteiger charge is -2.17. The van der Waals surface area contributed by atoms with Crippen molar-refractivity contribution < 1.29 is 17.5 Å². The van der Waals surface area contributed by atoms with E-state index in [2.05, 4.69) is 33.4 Å². The van der Waals surface area contributed by atoms with Crippen molar-refractivity contribution in [2.45, 2.75) is 13.0 Å². The second kappa shape index (κ2) is 8.12. The van der Waals surface area contributed by atoms with Crippen LogP contribution in [0.1, 0.15) is 6.42 Å². The Kier molecular flexibility index (Phi) is 5.87. The van der Waals surface area contributed by atoms with Gasteiger partial charge in [-0.15, -0.1) is 0 Å². The fraction of sp³-hybridized carbons (Fsp3) is 0.211. The minimum Gasteiger partial charge on any atom is -0.748 e. The number of hydrogen-bond acceptors (Lipinski definition) is 3. The van der Waals surface area contributed by atoms with Crippen LogP contribution < -0.4 is 20.7 Å². The zero-order valence-electron chi connectivity index (χ0n) is 14.5. The molecule has 26 heavy (non-hydrogen) atoms. The van der Waals surface area contributed by atoms with Gasteiger partial charge >= 0.3 is 0 Å². The van der Waals surface area contributed by atoms with Crippen LogP contribution in [0.25, 0.3) is 0 Å². The first-order chi connectivity index (χ1) is 12.5. The average Bonchev–Trinajstić information content (AvgIpc) is 2.97. The molecule has 0 amide bonds. The minimum absolute atomic E-state index is 0.306. The fourth-order valence-corrected chi connectivity index (χ4v) is 5.91. The summed E-state index contributed by atoms with van der Waals surface area (Å²) in [6.07, 6.45) is 4.23. The maximum Gasteiger partial charge on any atom is 0.285 e. The van der Waals surface area contributed by atoms with E-state index in [0.29, 0.717) is 13.0 Å². The third-order valence-corrected chi connectivity index (χ3v) is 7.45. The highest BCUT2D eigenvalue weighted by atomic mass is 32.2. The summed E-state index contributed by atoms with van der Waals surface area (Å²) in [6, 6.07) is 20.6. The first-order valence-corrected chi connectivity index (χ1v) is 11.3. The van der Waals surface area contributed by atoms with E-state index in [1.165, 1.54) is 10.6 Å². The van der Waals surface area contributed by atoms with Crippen molar-refractivity contribution in [1.82, 2.24) is 4.57 Å². The van der Waals surface area contributed by atoms with Gasteiger partial charge in [0.15, 0.2) is 0 Å². The lowest BCUT2D eigenvalue weighted by Crippen LogP contribution is -2.48. The van der Waals surface area contributed by atoms with Gasteiger partial charge in [-0.05, 0) is 17.0 Å². The Labute approximate surface area is 155 Å². The molecule has 0 unspecified atom stereocenters. The summed E-state index contributed by atoms with van der Waals surface area (Å²) in [6.45, 7) is 0.496. The summed E-state index contributed by atoms with van der Waals surface area (Å²) in [7, 11) is -2.99. The Morgan fingerprint density at radius 1 is 1.00 bits per heavy atom. The molecule has 2 aromatic carbocycles. The molecule has 1 heterocycles. The van der Waals surface area contributed by atoms with Gasteiger partial charge in [0.25, 0.3) is 5.57 Å². The zero-order valence-corrected chi connectivity index (χ0v) is 16.2. The highest BCUT2D eigenvalue weighted by Gasteiger charge is 2.28. The number of rotatable bonds is 7. The molecule has 0 bridgehead atoms. The van der Waals surface area contributed by atoms with Crippen LogP contribution >= 0.6 is 7.92 Å². The van der Waals surface area contributed by atoms with Crippen LogP contribution in [0.2, 0.25) is 0 Å². The summed E-state index contributed by atoms with van der Waals surface area (Å²) in [5.41, 5.74) is 1.11. The third kappa shape index (κ3) is 4.58. The van der Waals surface area contributed by atoms with E-state index >= 15 is 0 Å². The number of imidazole rings is 1. The van der Waals surface area contributed by atoms with E-state index in [1.807, 2.05) is 55.8 Å². The van der Waals surface area contributed by atoms with Crippen LogP contribution in [-0.4, -0.2) is 23.3 Å². The quantitative estimate of drug-likeness (QED) is 0.345. The maximum absolute atomic E-state index is 10.9. The van der Waals surface area contributed by atoms with Gasteiger partial charge in [-0.3, -0.25) is 0 Å². The van der Waals surface area contributed by atoms with Crippen LogP contribution in [0.4, 0.5) is 0 Å². The number of benzene rings is 2. The smallest absolute Gasteiger partial charge is 0.285 e. The highest BCUT2D eigenvalue weighted by molar-refractivity contribution is 7.85. The fourth-order valence-electron chi connectivity index (χ4n) is 2.92. The summed E-state index contributed by atoms with van der Waals surface area (Å²) >= 11 is 0. The molecule has 0 spiro atoms. The van der Waals surface area contributed by atoms with E-state index in [4.69, 9.17) is 0 Å². The molecule has 3 aromatic rings. The largest absolute Gasteiger partial charge is 0.748 e. The molecular formula is C19H21N2O3PS. The van der Waals surface area contributed by atoms with Gasteiger partial charge < -0.3 is 4.55 Å². The predicted octanol–water partition coefficient (Wildman–Crippen LogP) is 1.01. The molecule has 3 rings (SSSR count). The van der Waals surface area contributed by atoms with Crippen LogP contribution in [0.15, 0.2) is 73.1 Å². The van der Waals surface area contributed by atoms with Crippen molar-refractivity contribution in [2.75, 3.05) is 5.75 Å². The third-order valence-electron chi connectivity index (χ3n) is 4.06. The normalized spacial score (nSPS) is 11.8. The van der Waals surface area contributed by atoms with Crippen molar-refractivity contribution in [3.63, 3.8) is 0 Å². The van der Waals surface area contributed by atoms with Crippen molar-refractivity contribution in [3.8, 4) is 0 Å². The van der Waals surface area contributed by atoms with E-state index in [0.717, 1.165) is 5.57 Å². The summed E-state index contributed by atoms with van der Waals surface area (Å²) < 4.78 is 36.9. The molecule has 0 N–H and O–H groups in total. The number of nitrogens with zero attached hydrogens (tertiary/aromatic N) is 2.